The number of aromatic carboxylic acids is 1. The molecule has 2 fully saturated rings. The number of carbonyl (C=O) groups is 2. The zero-order valence-electron chi connectivity index (χ0n) is 12.1. The van der Waals surface area contributed by atoms with Gasteiger partial charge in [0, 0.05) is 18.7 Å². The van der Waals surface area contributed by atoms with E-state index in [1.807, 2.05) is 0 Å². The van der Waals surface area contributed by atoms with E-state index in [-0.39, 0.29) is 22.8 Å². The van der Waals surface area contributed by atoms with Crippen molar-refractivity contribution in [2.75, 3.05) is 25.0 Å². The summed E-state index contributed by atoms with van der Waals surface area (Å²) in [5.41, 5.74) is 1.21. The second kappa shape index (κ2) is 5.15. The summed E-state index contributed by atoms with van der Waals surface area (Å²) >= 11 is 0. The third-order valence-corrected chi connectivity index (χ3v) is 4.92. The maximum atomic E-state index is 12.6. The van der Waals surface area contributed by atoms with Gasteiger partial charge in [-0.3, -0.25) is 4.79 Å². The van der Waals surface area contributed by atoms with Crippen molar-refractivity contribution >= 4 is 17.6 Å². The molecule has 0 aromatic heterocycles. The SMILES string of the molecule is CN(C(=O)C1CC12CCNCC2)c1ccc(C(=O)O)cc1. The lowest BCUT2D eigenvalue weighted by Crippen LogP contribution is -2.34. The second-order valence-electron chi connectivity index (χ2n) is 6.12. The van der Waals surface area contributed by atoms with Crippen LogP contribution in [0.2, 0.25) is 0 Å². The molecule has 5 nitrogen and oxygen atoms in total. The molecule has 1 heterocycles. The average molecular weight is 288 g/mol. The molecule has 5 heteroatoms. The van der Waals surface area contributed by atoms with E-state index in [4.69, 9.17) is 5.11 Å². The Morgan fingerprint density at radius 1 is 1.24 bits per heavy atom. The van der Waals surface area contributed by atoms with Gasteiger partial charge in [0.15, 0.2) is 0 Å². The van der Waals surface area contributed by atoms with Crippen LogP contribution in [0.25, 0.3) is 0 Å². The number of nitrogens with one attached hydrogen (secondary N) is 1. The molecular formula is C16H20N2O3. The number of piperidine rings is 1. The number of hydrogen-bond acceptors (Lipinski definition) is 3. The lowest BCUT2D eigenvalue weighted by atomic mass is 9.91. The summed E-state index contributed by atoms with van der Waals surface area (Å²) in [6.07, 6.45) is 3.15. The Labute approximate surface area is 123 Å². The molecule has 1 spiro atoms. The van der Waals surface area contributed by atoms with Gasteiger partial charge in [0.1, 0.15) is 0 Å². The molecule has 1 saturated heterocycles. The zero-order chi connectivity index (χ0) is 15.0. The predicted molar refractivity (Wildman–Crippen MR) is 79.5 cm³/mol. The molecule has 1 amide bonds. The lowest BCUT2D eigenvalue weighted by molar-refractivity contribution is -0.120. The fraction of sp³-hybridized carbons (Fsp3) is 0.500. The van der Waals surface area contributed by atoms with Gasteiger partial charge < -0.3 is 15.3 Å². The number of nitrogens with zero attached hydrogens (tertiary/aromatic N) is 1. The highest BCUT2D eigenvalue weighted by atomic mass is 16.4. The van der Waals surface area contributed by atoms with Gasteiger partial charge in [-0.15, -0.1) is 0 Å². The molecule has 1 aromatic rings. The maximum absolute atomic E-state index is 12.6. The Morgan fingerprint density at radius 2 is 1.86 bits per heavy atom. The number of amides is 1. The van der Waals surface area contributed by atoms with Crippen LogP contribution in [0, 0.1) is 11.3 Å². The molecule has 2 N–H and O–H groups in total. The Bertz CT molecular complexity index is 561. The average Bonchev–Trinajstić information content (AvgIpc) is 3.19. The van der Waals surface area contributed by atoms with Gasteiger partial charge in [-0.1, -0.05) is 0 Å². The standard InChI is InChI=1S/C16H20N2O3/c1-18(12-4-2-11(3-5-12)15(20)21)14(19)13-10-16(13)6-8-17-9-7-16/h2-5,13,17H,6-10H2,1H3,(H,20,21). The molecule has 1 saturated carbocycles. The Kier molecular flexibility index (Phi) is 3.45. The van der Waals surface area contributed by atoms with Crippen LogP contribution in [0.15, 0.2) is 24.3 Å². The topological polar surface area (TPSA) is 69.6 Å². The molecule has 1 unspecified atom stereocenters. The first-order chi connectivity index (χ1) is 10.0. The summed E-state index contributed by atoms with van der Waals surface area (Å²) in [6, 6.07) is 6.46. The largest absolute Gasteiger partial charge is 0.478 e. The molecule has 1 atom stereocenters. The highest BCUT2D eigenvalue weighted by Gasteiger charge is 2.58. The molecule has 21 heavy (non-hydrogen) atoms. The monoisotopic (exact) mass is 288 g/mol. The molecule has 0 bridgehead atoms. The lowest BCUT2D eigenvalue weighted by Gasteiger charge is -2.25. The third kappa shape index (κ3) is 2.53. The minimum absolute atomic E-state index is 0.128. The van der Waals surface area contributed by atoms with Crippen LogP contribution in [-0.4, -0.2) is 37.1 Å². The number of carboxylic acid groups (broad SMARTS) is 1. The van der Waals surface area contributed by atoms with Crippen LogP contribution < -0.4 is 10.2 Å². The summed E-state index contributed by atoms with van der Waals surface area (Å²) < 4.78 is 0. The summed E-state index contributed by atoms with van der Waals surface area (Å²) in [4.78, 5) is 25.1. The first kappa shape index (κ1) is 14.1. The van der Waals surface area contributed by atoms with Crippen LogP contribution in [-0.2, 0) is 4.79 Å². The first-order valence-electron chi connectivity index (χ1n) is 7.35. The number of rotatable bonds is 3. The fourth-order valence-electron chi connectivity index (χ4n) is 3.36. The van der Waals surface area contributed by atoms with E-state index >= 15 is 0 Å². The normalized spacial score (nSPS) is 22.8. The number of benzene rings is 1. The Balaban J connectivity index is 1.69. The highest BCUT2D eigenvalue weighted by Crippen LogP contribution is 2.59. The van der Waals surface area contributed by atoms with Crippen LogP contribution in [0.4, 0.5) is 5.69 Å². The van der Waals surface area contributed by atoms with Crippen LogP contribution in [0.1, 0.15) is 29.6 Å². The van der Waals surface area contributed by atoms with Crippen LogP contribution in [0.3, 0.4) is 0 Å². The van der Waals surface area contributed by atoms with Crippen LogP contribution in [0.5, 0.6) is 0 Å². The van der Waals surface area contributed by atoms with Gasteiger partial charge in [-0.25, -0.2) is 4.79 Å². The van der Waals surface area contributed by atoms with Crippen molar-refractivity contribution in [3.05, 3.63) is 29.8 Å². The van der Waals surface area contributed by atoms with Gasteiger partial charge in [-0.2, -0.15) is 0 Å². The minimum atomic E-state index is -0.952. The molecule has 1 aliphatic carbocycles. The van der Waals surface area contributed by atoms with Crippen molar-refractivity contribution in [1.82, 2.24) is 5.32 Å². The van der Waals surface area contributed by atoms with Crippen LogP contribution >= 0.6 is 0 Å². The van der Waals surface area contributed by atoms with E-state index in [1.165, 1.54) is 12.1 Å². The summed E-state index contributed by atoms with van der Waals surface area (Å²) in [5, 5.41) is 12.2. The van der Waals surface area contributed by atoms with Gasteiger partial charge in [-0.05, 0) is 62.0 Å². The van der Waals surface area contributed by atoms with Crippen molar-refractivity contribution in [3.8, 4) is 0 Å². The molecular weight excluding hydrogens is 268 g/mol. The van der Waals surface area contributed by atoms with Crippen molar-refractivity contribution in [2.24, 2.45) is 11.3 Å². The number of carboxylic acids is 1. The van der Waals surface area contributed by atoms with E-state index in [9.17, 15) is 9.59 Å². The van der Waals surface area contributed by atoms with Crippen molar-refractivity contribution in [1.29, 1.82) is 0 Å². The van der Waals surface area contributed by atoms with E-state index in [1.54, 1.807) is 24.1 Å². The van der Waals surface area contributed by atoms with Crippen molar-refractivity contribution in [3.63, 3.8) is 0 Å². The quantitative estimate of drug-likeness (QED) is 0.889. The van der Waals surface area contributed by atoms with Gasteiger partial charge in [0.2, 0.25) is 5.91 Å². The number of hydrogen-bond donors (Lipinski definition) is 2. The van der Waals surface area contributed by atoms with Gasteiger partial charge in [0.05, 0.1) is 5.56 Å². The Morgan fingerprint density at radius 3 is 2.43 bits per heavy atom. The third-order valence-electron chi connectivity index (χ3n) is 4.92. The molecule has 112 valence electrons. The highest BCUT2D eigenvalue weighted by molar-refractivity contribution is 5.97. The fourth-order valence-corrected chi connectivity index (χ4v) is 3.36. The molecule has 1 aliphatic heterocycles. The van der Waals surface area contributed by atoms with E-state index in [2.05, 4.69) is 5.32 Å². The summed E-state index contributed by atoms with van der Waals surface area (Å²) in [7, 11) is 1.77. The van der Waals surface area contributed by atoms with E-state index in [0.717, 1.165) is 38.0 Å². The number of anilines is 1. The summed E-state index contributed by atoms with van der Waals surface area (Å²) in [5.74, 6) is -0.671. The Hall–Kier alpha value is -1.88. The molecule has 2 aliphatic rings. The number of carbonyl (C=O) groups excluding carboxylic acids is 1. The van der Waals surface area contributed by atoms with Crippen molar-refractivity contribution < 1.29 is 14.7 Å². The first-order valence-corrected chi connectivity index (χ1v) is 7.35. The van der Waals surface area contributed by atoms with E-state index < -0.39 is 5.97 Å². The smallest absolute Gasteiger partial charge is 0.335 e. The van der Waals surface area contributed by atoms with Gasteiger partial charge >= 0.3 is 5.97 Å². The molecule has 3 rings (SSSR count). The van der Waals surface area contributed by atoms with Gasteiger partial charge in [0.25, 0.3) is 0 Å². The predicted octanol–water partition coefficient (Wildman–Crippen LogP) is 1.74. The van der Waals surface area contributed by atoms with Crippen molar-refractivity contribution in [2.45, 2.75) is 19.3 Å². The zero-order valence-corrected chi connectivity index (χ0v) is 12.1. The minimum Gasteiger partial charge on any atom is -0.478 e. The van der Waals surface area contributed by atoms with E-state index in [0.29, 0.717) is 0 Å². The maximum Gasteiger partial charge on any atom is 0.335 e. The summed E-state index contributed by atoms with van der Waals surface area (Å²) in [6.45, 7) is 2.00. The second-order valence-corrected chi connectivity index (χ2v) is 6.12. The molecule has 1 aromatic carbocycles. The molecule has 0 radical (unpaired) electrons.